The zero-order valence-corrected chi connectivity index (χ0v) is 16.6. The lowest BCUT2D eigenvalue weighted by Gasteiger charge is -2.41. The van der Waals surface area contributed by atoms with E-state index in [-0.39, 0.29) is 30.1 Å². The number of esters is 1. The Morgan fingerprint density at radius 2 is 1.70 bits per heavy atom. The van der Waals surface area contributed by atoms with Crippen LogP contribution in [0.3, 0.4) is 0 Å². The summed E-state index contributed by atoms with van der Waals surface area (Å²) < 4.78 is 18.0. The maximum absolute atomic E-state index is 12.9. The summed E-state index contributed by atoms with van der Waals surface area (Å²) in [7, 11) is 0. The van der Waals surface area contributed by atoms with Gasteiger partial charge in [0.1, 0.15) is 11.4 Å². The predicted molar refractivity (Wildman–Crippen MR) is 108 cm³/mol. The molecule has 3 rings (SSSR count). The largest absolute Gasteiger partial charge is 0.456 e. The summed E-state index contributed by atoms with van der Waals surface area (Å²) in [4.78, 5) is 50.5. The van der Waals surface area contributed by atoms with Crippen LogP contribution in [0.25, 0.3) is 0 Å². The van der Waals surface area contributed by atoms with E-state index in [9.17, 15) is 23.6 Å². The molecule has 2 aromatic rings. The molecule has 8 heteroatoms. The summed E-state index contributed by atoms with van der Waals surface area (Å²) >= 11 is 0. The normalized spacial score (nSPS) is 14.5. The molecule has 2 aromatic carbocycles. The van der Waals surface area contributed by atoms with Crippen molar-refractivity contribution in [3.8, 4) is 0 Å². The highest BCUT2D eigenvalue weighted by Crippen LogP contribution is 2.36. The average Bonchev–Trinajstić information content (AvgIpc) is 2.71. The van der Waals surface area contributed by atoms with Crippen molar-refractivity contribution < 1.29 is 28.3 Å². The van der Waals surface area contributed by atoms with Gasteiger partial charge in [-0.25, -0.2) is 4.39 Å². The maximum Gasteiger partial charge on any atom is 0.306 e. The van der Waals surface area contributed by atoms with Crippen LogP contribution >= 0.6 is 0 Å². The van der Waals surface area contributed by atoms with E-state index < -0.39 is 29.8 Å². The minimum Gasteiger partial charge on any atom is -0.456 e. The standard InChI is InChI=1S/C22H21FN2O5/c1-22(2)21(29)24-16-5-3-4-6-17(16)25(22)19(27)13-30-20(28)12-11-18(26)14-7-9-15(23)10-8-14/h3-10H,11-13H2,1-2H3,(H,24,29). The van der Waals surface area contributed by atoms with Gasteiger partial charge in [0, 0.05) is 12.0 Å². The number of anilines is 2. The second-order valence-corrected chi connectivity index (χ2v) is 7.35. The number of benzene rings is 2. The number of nitrogens with one attached hydrogen (secondary N) is 1. The van der Waals surface area contributed by atoms with Gasteiger partial charge in [0.2, 0.25) is 5.91 Å². The Labute approximate surface area is 172 Å². The Kier molecular flexibility index (Phi) is 5.96. The third kappa shape index (κ3) is 4.37. The third-order valence-corrected chi connectivity index (χ3v) is 4.84. The fraction of sp³-hybridized carbons (Fsp3) is 0.273. The lowest BCUT2D eigenvalue weighted by Crippen LogP contribution is -2.59. The molecule has 30 heavy (non-hydrogen) atoms. The Balaban J connectivity index is 1.59. The zero-order chi connectivity index (χ0) is 21.9. The summed E-state index contributed by atoms with van der Waals surface area (Å²) in [5.41, 5.74) is 0.120. The number of hydrogen-bond donors (Lipinski definition) is 1. The van der Waals surface area contributed by atoms with Crippen molar-refractivity contribution in [3.63, 3.8) is 0 Å². The number of hydrogen-bond acceptors (Lipinski definition) is 5. The van der Waals surface area contributed by atoms with Gasteiger partial charge in [0.15, 0.2) is 12.4 Å². The minimum absolute atomic E-state index is 0.126. The lowest BCUT2D eigenvalue weighted by molar-refractivity contribution is -0.148. The number of fused-ring (bicyclic) bond motifs is 1. The number of nitrogens with zero attached hydrogens (tertiary/aromatic N) is 1. The van der Waals surface area contributed by atoms with Crippen molar-refractivity contribution in [1.82, 2.24) is 0 Å². The van der Waals surface area contributed by atoms with Crippen LogP contribution in [0.5, 0.6) is 0 Å². The molecule has 0 radical (unpaired) electrons. The van der Waals surface area contributed by atoms with Crippen molar-refractivity contribution in [2.75, 3.05) is 16.8 Å². The topological polar surface area (TPSA) is 92.8 Å². The highest BCUT2D eigenvalue weighted by Gasteiger charge is 2.43. The average molecular weight is 412 g/mol. The van der Waals surface area contributed by atoms with Crippen LogP contribution in [0, 0.1) is 5.82 Å². The number of carbonyl (C=O) groups excluding carboxylic acids is 4. The molecule has 0 saturated heterocycles. The molecule has 0 fully saturated rings. The van der Waals surface area contributed by atoms with E-state index in [1.54, 1.807) is 38.1 Å². The van der Waals surface area contributed by atoms with Crippen LogP contribution in [0.1, 0.15) is 37.0 Å². The number of amides is 2. The van der Waals surface area contributed by atoms with Gasteiger partial charge in [-0.15, -0.1) is 0 Å². The van der Waals surface area contributed by atoms with Crippen molar-refractivity contribution in [2.45, 2.75) is 32.2 Å². The molecule has 156 valence electrons. The molecule has 1 aliphatic rings. The van der Waals surface area contributed by atoms with Gasteiger partial charge in [0.05, 0.1) is 17.8 Å². The molecule has 0 spiro atoms. The summed E-state index contributed by atoms with van der Waals surface area (Å²) in [6.45, 7) is 2.63. The number of ketones is 1. The lowest BCUT2D eigenvalue weighted by atomic mass is 9.96. The van der Waals surface area contributed by atoms with Crippen molar-refractivity contribution >= 4 is 34.9 Å². The molecule has 0 bridgehead atoms. The van der Waals surface area contributed by atoms with E-state index in [4.69, 9.17) is 4.74 Å². The third-order valence-electron chi connectivity index (χ3n) is 4.84. The molecule has 7 nitrogen and oxygen atoms in total. The highest BCUT2D eigenvalue weighted by atomic mass is 19.1. The molecule has 0 saturated carbocycles. The van der Waals surface area contributed by atoms with Crippen molar-refractivity contribution in [2.24, 2.45) is 0 Å². The van der Waals surface area contributed by atoms with E-state index in [1.807, 2.05) is 0 Å². The van der Waals surface area contributed by atoms with E-state index in [2.05, 4.69) is 5.32 Å². The molecule has 0 aromatic heterocycles. The molecule has 0 unspecified atom stereocenters. The van der Waals surface area contributed by atoms with E-state index in [0.717, 1.165) is 0 Å². The zero-order valence-electron chi connectivity index (χ0n) is 16.6. The van der Waals surface area contributed by atoms with Gasteiger partial charge >= 0.3 is 5.97 Å². The molecular weight excluding hydrogens is 391 g/mol. The summed E-state index contributed by atoms with van der Waals surface area (Å²) in [6, 6.07) is 11.9. The first-order chi connectivity index (χ1) is 14.2. The summed E-state index contributed by atoms with van der Waals surface area (Å²) in [5.74, 6) is -2.42. The summed E-state index contributed by atoms with van der Waals surface area (Å²) in [6.07, 6.45) is -0.344. The smallest absolute Gasteiger partial charge is 0.306 e. The van der Waals surface area contributed by atoms with Gasteiger partial charge < -0.3 is 10.1 Å². The summed E-state index contributed by atoms with van der Waals surface area (Å²) in [5, 5.41) is 2.75. The monoisotopic (exact) mass is 412 g/mol. The number of halogens is 1. The fourth-order valence-corrected chi connectivity index (χ4v) is 3.17. The molecule has 2 amide bonds. The predicted octanol–water partition coefficient (Wildman–Crippen LogP) is 3.10. The van der Waals surface area contributed by atoms with Crippen LogP contribution in [-0.4, -0.2) is 35.7 Å². The van der Waals surface area contributed by atoms with Gasteiger partial charge in [-0.1, -0.05) is 12.1 Å². The highest BCUT2D eigenvalue weighted by molar-refractivity contribution is 6.14. The number of ether oxygens (including phenoxy) is 1. The van der Waals surface area contributed by atoms with Gasteiger partial charge in [0.25, 0.3) is 5.91 Å². The van der Waals surface area contributed by atoms with E-state index in [0.29, 0.717) is 11.4 Å². The molecule has 1 N–H and O–H groups in total. The Hall–Kier alpha value is -3.55. The Bertz CT molecular complexity index is 1000. The van der Waals surface area contributed by atoms with Gasteiger partial charge in [-0.05, 0) is 50.2 Å². The van der Waals surface area contributed by atoms with Gasteiger partial charge in [-0.2, -0.15) is 0 Å². The molecule has 1 heterocycles. The second kappa shape index (κ2) is 8.44. The van der Waals surface area contributed by atoms with Crippen LogP contribution in [-0.2, 0) is 19.1 Å². The van der Waals surface area contributed by atoms with Crippen molar-refractivity contribution in [1.29, 1.82) is 0 Å². The number of Topliss-reactive ketones (excluding diaryl/α,β-unsaturated/α-hetero) is 1. The second-order valence-electron chi connectivity index (χ2n) is 7.35. The minimum atomic E-state index is -1.17. The molecular formula is C22H21FN2O5. The molecule has 1 aliphatic heterocycles. The van der Waals surface area contributed by atoms with Crippen LogP contribution in [0.2, 0.25) is 0 Å². The number of carbonyl (C=O) groups is 4. The van der Waals surface area contributed by atoms with Crippen molar-refractivity contribution in [3.05, 3.63) is 59.9 Å². The number of para-hydroxylation sites is 2. The number of rotatable bonds is 6. The van der Waals surface area contributed by atoms with Crippen LogP contribution < -0.4 is 10.2 Å². The van der Waals surface area contributed by atoms with Crippen LogP contribution in [0.15, 0.2) is 48.5 Å². The molecule has 0 atom stereocenters. The van der Waals surface area contributed by atoms with E-state index in [1.165, 1.54) is 29.2 Å². The first-order valence-electron chi connectivity index (χ1n) is 9.38. The quantitative estimate of drug-likeness (QED) is 0.581. The van der Waals surface area contributed by atoms with Crippen LogP contribution in [0.4, 0.5) is 15.8 Å². The molecule has 0 aliphatic carbocycles. The Morgan fingerprint density at radius 1 is 1.03 bits per heavy atom. The van der Waals surface area contributed by atoms with E-state index >= 15 is 0 Å². The first kappa shape index (κ1) is 21.2. The first-order valence-corrected chi connectivity index (χ1v) is 9.38. The fourth-order valence-electron chi connectivity index (χ4n) is 3.17. The SMILES string of the molecule is CC1(C)C(=O)Nc2ccccc2N1C(=O)COC(=O)CCC(=O)c1ccc(F)cc1. The maximum atomic E-state index is 12.9. The Morgan fingerprint density at radius 3 is 2.40 bits per heavy atom. The van der Waals surface area contributed by atoms with Gasteiger partial charge in [-0.3, -0.25) is 24.1 Å².